The summed E-state index contributed by atoms with van der Waals surface area (Å²) in [5, 5.41) is 13.2. The molecule has 0 atom stereocenters. The number of para-hydroxylation sites is 1. The minimum atomic E-state index is -0.492. The van der Waals surface area contributed by atoms with Gasteiger partial charge in [0.2, 0.25) is 0 Å². The van der Waals surface area contributed by atoms with Gasteiger partial charge in [0.1, 0.15) is 12.9 Å². The van der Waals surface area contributed by atoms with Gasteiger partial charge in [-0.2, -0.15) is 5.10 Å². The molecule has 1 aromatic heterocycles. The molecule has 1 heterocycles. The molecule has 6 heteroatoms. The van der Waals surface area contributed by atoms with Crippen LogP contribution < -0.4 is 4.74 Å². The fourth-order valence-electron chi connectivity index (χ4n) is 1.77. The van der Waals surface area contributed by atoms with Crippen LogP contribution in [0.4, 0.5) is 4.39 Å². The molecule has 2 rings (SSSR count). The molecule has 0 amide bonds. The van der Waals surface area contributed by atoms with Crippen LogP contribution in [-0.4, -0.2) is 19.9 Å². The highest BCUT2D eigenvalue weighted by Crippen LogP contribution is 2.23. The second-order valence-corrected chi connectivity index (χ2v) is 4.07. The van der Waals surface area contributed by atoms with Crippen molar-refractivity contribution in [1.29, 1.82) is 0 Å². The van der Waals surface area contributed by atoms with E-state index < -0.39 is 5.82 Å². The standard InChI is InChI=1S/C13H16FN3O2/c1-2-6-17-12(15-9-16-17)8-19-13-10(7-18)4-3-5-11(13)14/h3-5,9,18H,2,6-8H2,1H3. The van der Waals surface area contributed by atoms with Gasteiger partial charge in [0.05, 0.1) is 6.61 Å². The van der Waals surface area contributed by atoms with Crippen LogP contribution in [0.1, 0.15) is 24.7 Å². The summed E-state index contributed by atoms with van der Waals surface area (Å²) in [5.74, 6) is 0.207. The van der Waals surface area contributed by atoms with Crippen molar-refractivity contribution in [3.05, 3.63) is 41.7 Å². The van der Waals surface area contributed by atoms with Crippen molar-refractivity contribution < 1.29 is 14.2 Å². The van der Waals surface area contributed by atoms with Gasteiger partial charge in [-0.1, -0.05) is 19.1 Å². The first-order valence-corrected chi connectivity index (χ1v) is 6.14. The van der Waals surface area contributed by atoms with E-state index in [0.29, 0.717) is 11.4 Å². The van der Waals surface area contributed by atoms with Crippen LogP contribution in [-0.2, 0) is 19.8 Å². The molecule has 0 spiro atoms. The van der Waals surface area contributed by atoms with Crippen molar-refractivity contribution in [1.82, 2.24) is 14.8 Å². The first-order chi connectivity index (χ1) is 9.26. The van der Waals surface area contributed by atoms with E-state index in [1.165, 1.54) is 18.5 Å². The Kier molecular flexibility index (Phi) is 4.46. The quantitative estimate of drug-likeness (QED) is 0.866. The molecule has 0 fully saturated rings. The first-order valence-electron chi connectivity index (χ1n) is 6.14. The van der Waals surface area contributed by atoms with Crippen LogP contribution in [0.25, 0.3) is 0 Å². The third-order valence-electron chi connectivity index (χ3n) is 2.70. The summed E-state index contributed by atoms with van der Waals surface area (Å²) in [4.78, 5) is 4.08. The zero-order chi connectivity index (χ0) is 13.7. The molecule has 0 saturated carbocycles. The van der Waals surface area contributed by atoms with E-state index in [9.17, 15) is 4.39 Å². The normalized spacial score (nSPS) is 10.7. The van der Waals surface area contributed by atoms with Crippen molar-refractivity contribution in [3.8, 4) is 5.75 Å². The summed E-state index contributed by atoms with van der Waals surface area (Å²) in [5.41, 5.74) is 0.418. The number of hydrogen-bond acceptors (Lipinski definition) is 4. The van der Waals surface area contributed by atoms with Crippen LogP contribution in [0.3, 0.4) is 0 Å². The van der Waals surface area contributed by atoms with Crippen molar-refractivity contribution in [2.24, 2.45) is 0 Å². The van der Waals surface area contributed by atoms with E-state index in [0.717, 1.165) is 13.0 Å². The predicted octanol–water partition coefficient (Wildman–Crippen LogP) is 1.90. The third kappa shape index (κ3) is 3.08. The average Bonchev–Trinajstić information content (AvgIpc) is 2.85. The third-order valence-corrected chi connectivity index (χ3v) is 2.70. The highest BCUT2D eigenvalue weighted by molar-refractivity contribution is 5.34. The first kappa shape index (κ1) is 13.5. The lowest BCUT2D eigenvalue weighted by molar-refractivity contribution is 0.243. The Hall–Kier alpha value is -1.95. The number of halogens is 1. The van der Waals surface area contributed by atoms with Gasteiger partial charge in [0.25, 0.3) is 0 Å². The van der Waals surface area contributed by atoms with Crippen LogP contribution in [0.5, 0.6) is 5.75 Å². The molecule has 0 aliphatic carbocycles. The Morgan fingerprint density at radius 1 is 1.42 bits per heavy atom. The fourth-order valence-corrected chi connectivity index (χ4v) is 1.77. The highest BCUT2D eigenvalue weighted by Gasteiger charge is 2.11. The van der Waals surface area contributed by atoms with Gasteiger partial charge < -0.3 is 9.84 Å². The van der Waals surface area contributed by atoms with Gasteiger partial charge in [-0.05, 0) is 12.5 Å². The van der Waals surface area contributed by atoms with E-state index in [2.05, 4.69) is 10.1 Å². The zero-order valence-electron chi connectivity index (χ0n) is 10.7. The van der Waals surface area contributed by atoms with Crippen LogP contribution in [0.15, 0.2) is 24.5 Å². The molecule has 0 saturated heterocycles. The number of rotatable bonds is 6. The number of ether oxygens (including phenoxy) is 1. The SMILES string of the molecule is CCCn1ncnc1COc1c(F)cccc1CO. The molecular weight excluding hydrogens is 249 g/mol. The van der Waals surface area contributed by atoms with Crippen molar-refractivity contribution in [3.63, 3.8) is 0 Å². The van der Waals surface area contributed by atoms with Crippen LogP contribution in [0.2, 0.25) is 0 Å². The molecule has 1 aromatic carbocycles. The van der Waals surface area contributed by atoms with Crippen molar-refractivity contribution in [2.45, 2.75) is 33.1 Å². The minimum absolute atomic E-state index is 0.0658. The van der Waals surface area contributed by atoms with Gasteiger partial charge >= 0.3 is 0 Å². The Bertz CT molecular complexity index is 542. The molecule has 0 aliphatic heterocycles. The van der Waals surface area contributed by atoms with Crippen molar-refractivity contribution in [2.75, 3.05) is 0 Å². The Labute approximate surface area is 110 Å². The Morgan fingerprint density at radius 3 is 3.00 bits per heavy atom. The summed E-state index contributed by atoms with van der Waals surface area (Å²) in [6, 6.07) is 4.45. The number of nitrogens with zero attached hydrogens (tertiary/aromatic N) is 3. The Balaban J connectivity index is 2.12. The van der Waals surface area contributed by atoms with Gasteiger partial charge in [0.15, 0.2) is 17.4 Å². The van der Waals surface area contributed by atoms with E-state index in [1.807, 2.05) is 6.92 Å². The molecule has 2 aromatic rings. The lowest BCUT2D eigenvalue weighted by Gasteiger charge is -2.11. The number of aryl methyl sites for hydroxylation is 1. The maximum Gasteiger partial charge on any atom is 0.165 e. The molecule has 1 N–H and O–H groups in total. The number of aliphatic hydroxyl groups excluding tert-OH is 1. The summed E-state index contributed by atoms with van der Waals surface area (Å²) >= 11 is 0. The smallest absolute Gasteiger partial charge is 0.165 e. The average molecular weight is 265 g/mol. The van der Waals surface area contributed by atoms with Gasteiger partial charge in [0, 0.05) is 12.1 Å². The molecule has 19 heavy (non-hydrogen) atoms. The minimum Gasteiger partial charge on any atom is -0.482 e. The second kappa shape index (κ2) is 6.29. The predicted molar refractivity (Wildman–Crippen MR) is 67.0 cm³/mol. The van der Waals surface area contributed by atoms with Crippen molar-refractivity contribution >= 4 is 0 Å². The monoisotopic (exact) mass is 265 g/mol. The summed E-state index contributed by atoms with van der Waals surface area (Å²) in [7, 11) is 0. The van der Waals surface area contributed by atoms with E-state index >= 15 is 0 Å². The van der Waals surface area contributed by atoms with Gasteiger partial charge in [-0.3, -0.25) is 0 Å². The molecule has 0 aliphatic rings. The lowest BCUT2D eigenvalue weighted by atomic mass is 10.2. The van der Waals surface area contributed by atoms with E-state index in [4.69, 9.17) is 9.84 Å². The second-order valence-electron chi connectivity index (χ2n) is 4.07. The summed E-state index contributed by atoms with van der Waals surface area (Å²) < 4.78 is 20.8. The van der Waals surface area contributed by atoms with E-state index in [1.54, 1.807) is 10.7 Å². The molecule has 102 valence electrons. The molecular formula is C13H16FN3O2. The topological polar surface area (TPSA) is 60.2 Å². The lowest BCUT2D eigenvalue weighted by Crippen LogP contribution is -2.09. The van der Waals surface area contributed by atoms with E-state index in [-0.39, 0.29) is 19.0 Å². The zero-order valence-corrected chi connectivity index (χ0v) is 10.7. The maximum atomic E-state index is 13.6. The molecule has 5 nitrogen and oxygen atoms in total. The maximum absolute atomic E-state index is 13.6. The number of hydrogen-bond donors (Lipinski definition) is 1. The largest absolute Gasteiger partial charge is 0.482 e. The van der Waals surface area contributed by atoms with Crippen LogP contribution in [0, 0.1) is 5.82 Å². The molecule has 0 unspecified atom stereocenters. The number of benzene rings is 1. The summed E-state index contributed by atoms with van der Waals surface area (Å²) in [6.45, 7) is 2.62. The van der Waals surface area contributed by atoms with Crippen LogP contribution >= 0.6 is 0 Å². The molecule has 0 bridgehead atoms. The fraction of sp³-hybridized carbons (Fsp3) is 0.385. The Morgan fingerprint density at radius 2 is 2.26 bits per heavy atom. The molecule has 0 radical (unpaired) electrons. The number of aliphatic hydroxyl groups is 1. The highest BCUT2D eigenvalue weighted by atomic mass is 19.1. The summed E-state index contributed by atoms with van der Waals surface area (Å²) in [6.07, 6.45) is 2.38. The van der Waals surface area contributed by atoms with Gasteiger partial charge in [-0.25, -0.2) is 14.1 Å². The van der Waals surface area contributed by atoms with Gasteiger partial charge in [-0.15, -0.1) is 0 Å². The number of aromatic nitrogens is 3.